The third kappa shape index (κ3) is 6.63. The van der Waals surface area contributed by atoms with Crippen LogP contribution in [0.2, 0.25) is 0 Å². The van der Waals surface area contributed by atoms with E-state index in [1.807, 2.05) is 12.1 Å². The maximum Gasteiger partial charge on any atom is 0.261 e. The molecule has 0 fully saturated rings. The number of carbonyl (C=O) groups excluding carboxylic acids is 1. The van der Waals surface area contributed by atoms with Gasteiger partial charge >= 0.3 is 0 Å². The van der Waals surface area contributed by atoms with Crippen molar-refractivity contribution in [3.63, 3.8) is 0 Å². The number of anilines is 1. The standard InChI is InChI=1S/C20H21BrN2O4S/c1-3-10-26-18-7-5-4-6-16(18)22-20(28)23-19(24)15-13-14(21)8-9-17(15)27-12-11-25-2/h3-9,13H,1,10-12H2,2H3,(H2,22,23,24,28). The van der Waals surface area contributed by atoms with Crippen molar-refractivity contribution in [1.29, 1.82) is 0 Å². The average Bonchev–Trinajstić information content (AvgIpc) is 2.68. The first kappa shape index (κ1) is 21.9. The summed E-state index contributed by atoms with van der Waals surface area (Å²) >= 11 is 8.64. The number of hydrogen-bond donors (Lipinski definition) is 2. The molecule has 0 atom stereocenters. The molecule has 2 aromatic carbocycles. The summed E-state index contributed by atoms with van der Waals surface area (Å²) in [6.45, 7) is 4.73. The van der Waals surface area contributed by atoms with E-state index in [-0.39, 0.29) is 5.11 Å². The average molecular weight is 465 g/mol. The Bertz CT molecular complexity index is 845. The third-order valence-electron chi connectivity index (χ3n) is 3.45. The van der Waals surface area contributed by atoms with Crippen LogP contribution in [0.4, 0.5) is 5.69 Å². The third-order valence-corrected chi connectivity index (χ3v) is 4.15. The van der Waals surface area contributed by atoms with Gasteiger partial charge in [-0.1, -0.05) is 40.7 Å². The van der Waals surface area contributed by atoms with E-state index in [0.717, 1.165) is 4.47 Å². The molecule has 0 saturated heterocycles. The van der Waals surface area contributed by atoms with Gasteiger partial charge in [0.2, 0.25) is 0 Å². The van der Waals surface area contributed by atoms with E-state index in [0.29, 0.717) is 42.6 Å². The summed E-state index contributed by atoms with van der Waals surface area (Å²) in [7, 11) is 1.58. The normalized spacial score (nSPS) is 10.1. The molecule has 2 rings (SSSR count). The van der Waals surface area contributed by atoms with E-state index < -0.39 is 5.91 Å². The molecule has 8 heteroatoms. The second kappa shape index (κ2) is 11.4. The van der Waals surface area contributed by atoms with Crippen LogP contribution in [-0.2, 0) is 4.74 Å². The number of amides is 1. The monoisotopic (exact) mass is 464 g/mol. The van der Waals surface area contributed by atoms with Crippen LogP contribution in [0, 0.1) is 0 Å². The number of hydrogen-bond acceptors (Lipinski definition) is 5. The topological polar surface area (TPSA) is 68.8 Å². The highest BCUT2D eigenvalue weighted by atomic mass is 79.9. The molecule has 0 aliphatic carbocycles. The molecule has 2 aromatic rings. The van der Waals surface area contributed by atoms with Crippen LogP contribution in [0.5, 0.6) is 11.5 Å². The second-order valence-electron chi connectivity index (χ2n) is 5.49. The van der Waals surface area contributed by atoms with Gasteiger partial charge in [-0.2, -0.15) is 0 Å². The van der Waals surface area contributed by atoms with Gasteiger partial charge in [0.25, 0.3) is 5.91 Å². The van der Waals surface area contributed by atoms with Crippen LogP contribution in [0.25, 0.3) is 0 Å². The van der Waals surface area contributed by atoms with Gasteiger partial charge in [0.1, 0.15) is 24.7 Å². The van der Waals surface area contributed by atoms with Gasteiger partial charge in [0.15, 0.2) is 5.11 Å². The van der Waals surface area contributed by atoms with Gasteiger partial charge in [-0.15, -0.1) is 0 Å². The van der Waals surface area contributed by atoms with Crippen molar-refractivity contribution in [3.05, 3.63) is 65.2 Å². The number of para-hydroxylation sites is 2. The first-order valence-corrected chi connectivity index (χ1v) is 9.61. The Balaban J connectivity index is 2.08. The van der Waals surface area contributed by atoms with E-state index in [9.17, 15) is 4.79 Å². The molecule has 0 radical (unpaired) electrons. The zero-order valence-electron chi connectivity index (χ0n) is 15.4. The van der Waals surface area contributed by atoms with Crippen LogP contribution < -0.4 is 20.1 Å². The number of halogens is 1. The fourth-order valence-corrected chi connectivity index (χ4v) is 2.77. The molecule has 1 amide bonds. The maximum absolute atomic E-state index is 12.7. The highest BCUT2D eigenvalue weighted by Crippen LogP contribution is 2.25. The molecular formula is C20H21BrN2O4S. The van der Waals surface area contributed by atoms with Crippen LogP contribution in [-0.4, -0.2) is 38.0 Å². The Morgan fingerprint density at radius 2 is 1.96 bits per heavy atom. The molecule has 0 heterocycles. The SMILES string of the molecule is C=CCOc1ccccc1NC(=S)NC(=O)c1cc(Br)ccc1OCCOC. The van der Waals surface area contributed by atoms with E-state index in [2.05, 4.69) is 33.1 Å². The van der Waals surface area contributed by atoms with Crippen LogP contribution in [0.15, 0.2) is 59.6 Å². The van der Waals surface area contributed by atoms with Gasteiger partial charge in [-0.25, -0.2) is 0 Å². The van der Waals surface area contributed by atoms with Gasteiger partial charge in [-0.3, -0.25) is 10.1 Å². The molecule has 6 nitrogen and oxygen atoms in total. The zero-order chi connectivity index (χ0) is 20.4. The Morgan fingerprint density at radius 3 is 2.71 bits per heavy atom. The van der Waals surface area contributed by atoms with Gasteiger partial charge in [0.05, 0.1) is 17.9 Å². The number of rotatable bonds is 9. The molecule has 0 saturated carbocycles. The molecule has 28 heavy (non-hydrogen) atoms. The Labute approximate surface area is 178 Å². The Kier molecular flexibility index (Phi) is 8.93. The van der Waals surface area contributed by atoms with Crippen molar-refractivity contribution in [2.24, 2.45) is 0 Å². The maximum atomic E-state index is 12.7. The van der Waals surface area contributed by atoms with Gasteiger partial charge < -0.3 is 19.5 Å². The molecule has 0 unspecified atom stereocenters. The molecule has 0 bridgehead atoms. The Morgan fingerprint density at radius 1 is 1.18 bits per heavy atom. The molecule has 0 aliphatic heterocycles. The molecule has 0 aromatic heterocycles. The largest absolute Gasteiger partial charge is 0.490 e. The molecular weight excluding hydrogens is 444 g/mol. The molecule has 148 valence electrons. The number of benzene rings is 2. The lowest BCUT2D eigenvalue weighted by Crippen LogP contribution is -2.34. The van der Waals surface area contributed by atoms with Crippen LogP contribution >= 0.6 is 28.1 Å². The van der Waals surface area contributed by atoms with Crippen molar-refractivity contribution >= 4 is 44.9 Å². The van der Waals surface area contributed by atoms with E-state index >= 15 is 0 Å². The number of ether oxygens (including phenoxy) is 3. The predicted octanol–water partition coefficient (Wildman–Crippen LogP) is 4.17. The van der Waals surface area contributed by atoms with E-state index in [1.165, 1.54) is 0 Å². The summed E-state index contributed by atoms with van der Waals surface area (Å²) in [5, 5.41) is 5.77. The lowest BCUT2D eigenvalue weighted by molar-refractivity contribution is 0.0969. The van der Waals surface area contributed by atoms with Crippen molar-refractivity contribution in [3.8, 4) is 11.5 Å². The molecule has 0 spiro atoms. The minimum Gasteiger partial charge on any atom is -0.490 e. The quantitative estimate of drug-likeness (QED) is 0.329. The molecule has 2 N–H and O–H groups in total. The van der Waals surface area contributed by atoms with E-state index in [4.69, 9.17) is 26.4 Å². The summed E-state index contributed by atoms with van der Waals surface area (Å²) < 4.78 is 16.9. The van der Waals surface area contributed by atoms with Crippen molar-refractivity contribution in [1.82, 2.24) is 5.32 Å². The highest BCUT2D eigenvalue weighted by Gasteiger charge is 2.15. The minimum atomic E-state index is -0.393. The fraction of sp³-hybridized carbons (Fsp3) is 0.200. The summed E-state index contributed by atoms with van der Waals surface area (Å²) in [5.74, 6) is 0.649. The van der Waals surface area contributed by atoms with Crippen LogP contribution in [0.1, 0.15) is 10.4 Å². The van der Waals surface area contributed by atoms with Gasteiger partial charge in [0, 0.05) is 11.6 Å². The highest BCUT2D eigenvalue weighted by molar-refractivity contribution is 9.10. The fourth-order valence-electron chi connectivity index (χ4n) is 2.21. The zero-order valence-corrected chi connectivity index (χ0v) is 17.8. The number of nitrogens with one attached hydrogen (secondary N) is 2. The van der Waals surface area contributed by atoms with Crippen molar-refractivity contribution in [2.45, 2.75) is 0 Å². The lowest BCUT2D eigenvalue weighted by atomic mass is 10.2. The number of carbonyl (C=O) groups is 1. The molecule has 0 aliphatic rings. The first-order chi connectivity index (χ1) is 13.5. The van der Waals surface area contributed by atoms with Gasteiger partial charge in [-0.05, 0) is 42.5 Å². The summed E-state index contributed by atoms with van der Waals surface area (Å²) in [5.41, 5.74) is 0.992. The Hall–Kier alpha value is -2.42. The van der Waals surface area contributed by atoms with Crippen molar-refractivity contribution in [2.75, 3.05) is 32.2 Å². The summed E-state index contributed by atoms with van der Waals surface area (Å²) in [6.07, 6.45) is 1.65. The lowest BCUT2D eigenvalue weighted by Gasteiger charge is -2.15. The smallest absolute Gasteiger partial charge is 0.261 e. The van der Waals surface area contributed by atoms with Crippen LogP contribution in [0.3, 0.4) is 0 Å². The first-order valence-electron chi connectivity index (χ1n) is 8.41. The number of thiocarbonyl (C=S) groups is 1. The van der Waals surface area contributed by atoms with E-state index in [1.54, 1.807) is 43.5 Å². The second-order valence-corrected chi connectivity index (χ2v) is 6.81. The summed E-state index contributed by atoms with van der Waals surface area (Å²) in [6, 6.07) is 12.5. The number of methoxy groups -OCH3 is 1. The predicted molar refractivity (Wildman–Crippen MR) is 117 cm³/mol. The van der Waals surface area contributed by atoms with Crippen molar-refractivity contribution < 1.29 is 19.0 Å². The minimum absolute atomic E-state index is 0.141. The summed E-state index contributed by atoms with van der Waals surface area (Å²) in [4.78, 5) is 12.7.